The van der Waals surface area contributed by atoms with Crippen LogP contribution in [0.25, 0.3) is 5.65 Å². The summed E-state index contributed by atoms with van der Waals surface area (Å²) in [4.78, 5) is 13.5. The van der Waals surface area contributed by atoms with Crippen molar-refractivity contribution in [2.75, 3.05) is 11.5 Å². The zero-order valence-corrected chi connectivity index (χ0v) is 6.78. The van der Waals surface area contributed by atoms with E-state index in [1.807, 2.05) is 0 Å². The second-order valence-electron chi connectivity index (χ2n) is 2.49. The largest absolute Gasteiger partial charge is 0.379 e. The van der Waals surface area contributed by atoms with E-state index in [2.05, 4.69) is 15.2 Å². The number of rotatable bonds is 1. The predicted octanol–water partition coefficient (Wildman–Crippen LogP) is -0.803. The molecule has 72 valence electrons. The summed E-state index contributed by atoms with van der Waals surface area (Å²) in [6, 6.07) is 0. The molecule has 4 N–H and O–H groups in total. The third kappa shape index (κ3) is 0.920. The summed E-state index contributed by atoms with van der Waals surface area (Å²) in [6.45, 7) is 0. The van der Waals surface area contributed by atoms with Gasteiger partial charge in [0.05, 0.1) is 0 Å². The van der Waals surface area contributed by atoms with Crippen LogP contribution in [0.4, 0.5) is 17.5 Å². The van der Waals surface area contributed by atoms with Crippen molar-refractivity contribution >= 4 is 23.1 Å². The molecule has 0 aliphatic carbocycles. The molecule has 9 nitrogen and oxygen atoms in total. The summed E-state index contributed by atoms with van der Waals surface area (Å²) in [5, 5.41) is 17.7. The fourth-order valence-corrected chi connectivity index (χ4v) is 1.10. The number of nitrogens with zero attached hydrogens (tertiary/aromatic N) is 5. The number of fused-ring (bicyclic) bond motifs is 1. The van der Waals surface area contributed by atoms with E-state index in [0.29, 0.717) is 0 Å². The Morgan fingerprint density at radius 3 is 2.79 bits per heavy atom. The Hall–Kier alpha value is -2.45. The fraction of sp³-hybridized carbons (Fsp3) is 0. The Morgan fingerprint density at radius 2 is 2.14 bits per heavy atom. The van der Waals surface area contributed by atoms with Crippen LogP contribution >= 0.6 is 0 Å². The van der Waals surface area contributed by atoms with Crippen LogP contribution in [0, 0.1) is 10.1 Å². The van der Waals surface area contributed by atoms with Crippen molar-refractivity contribution in [3.8, 4) is 0 Å². The van der Waals surface area contributed by atoms with E-state index >= 15 is 0 Å². The van der Waals surface area contributed by atoms with Crippen LogP contribution < -0.4 is 11.5 Å². The van der Waals surface area contributed by atoms with Crippen LogP contribution in [-0.4, -0.2) is 24.5 Å². The fourth-order valence-electron chi connectivity index (χ4n) is 1.10. The van der Waals surface area contributed by atoms with E-state index in [1.165, 1.54) is 0 Å². The summed E-state index contributed by atoms with van der Waals surface area (Å²) >= 11 is 0. The Labute approximate surface area is 76.5 Å². The standard InChI is InChI=1S/C5H5N7O2/c6-2-4-10-8-1-11(4)5(12(13)14)3(7)9-2/h1H,7H2,(H2,6,9). The van der Waals surface area contributed by atoms with Gasteiger partial charge in [0.2, 0.25) is 12.1 Å². The molecule has 0 atom stereocenters. The van der Waals surface area contributed by atoms with Gasteiger partial charge in [0, 0.05) is 0 Å². The van der Waals surface area contributed by atoms with Crippen molar-refractivity contribution in [3.05, 3.63) is 16.4 Å². The molecule has 2 aromatic rings. The number of anilines is 2. The first-order chi connectivity index (χ1) is 6.61. The highest BCUT2D eigenvalue weighted by molar-refractivity contribution is 5.66. The minimum absolute atomic E-state index is 0.00519. The monoisotopic (exact) mass is 195 g/mol. The lowest BCUT2D eigenvalue weighted by atomic mass is 10.5. The number of hydrogen-bond acceptors (Lipinski definition) is 7. The van der Waals surface area contributed by atoms with Gasteiger partial charge in [-0.2, -0.15) is 4.40 Å². The lowest BCUT2D eigenvalue weighted by Gasteiger charge is -2.00. The Bertz CT molecular complexity index is 518. The number of nitro groups is 1. The third-order valence-electron chi connectivity index (χ3n) is 1.65. The summed E-state index contributed by atoms with van der Waals surface area (Å²) < 4.78 is 1.08. The van der Waals surface area contributed by atoms with Gasteiger partial charge in [0.1, 0.15) is 0 Å². The number of nitrogens with two attached hydrogens (primary N) is 2. The minimum atomic E-state index is -0.669. The van der Waals surface area contributed by atoms with Gasteiger partial charge >= 0.3 is 5.82 Å². The zero-order chi connectivity index (χ0) is 10.3. The first-order valence-corrected chi connectivity index (χ1v) is 3.50. The maximum absolute atomic E-state index is 10.6. The first-order valence-electron chi connectivity index (χ1n) is 3.50. The van der Waals surface area contributed by atoms with E-state index in [4.69, 9.17) is 11.5 Å². The number of hydrogen-bond donors (Lipinski definition) is 2. The molecule has 0 aliphatic heterocycles. The molecule has 9 heteroatoms. The van der Waals surface area contributed by atoms with Crippen LogP contribution in [0.3, 0.4) is 0 Å². The van der Waals surface area contributed by atoms with Gasteiger partial charge in [-0.1, -0.05) is 5.10 Å². The minimum Gasteiger partial charge on any atom is -0.379 e. The molecule has 0 saturated heterocycles. The van der Waals surface area contributed by atoms with Crippen LogP contribution in [0.2, 0.25) is 0 Å². The molecule has 0 radical (unpaired) electrons. The number of nitrogen functional groups attached to an aromatic ring is 2. The molecule has 14 heavy (non-hydrogen) atoms. The van der Waals surface area contributed by atoms with E-state index < -0.39 is 4.92 Å². The molecule has 2 rings (SSSR count). The number of aromatic nitrogens is 4. The van der Waals surface area contributed by atoms with E-state index in [-0.39, 0.29) is 23.1 Å². The zero-order valence-electron chi connectivity index (χ0n) is 6.78. The van der Waals surface area contributed by atoms with E-state index in [0.717, 1.165) is 10.7 Å². The maximum atomic E-state index is 10.6. The van der Waals surface area contributed by atoms with Gasteiger partial charge in [-0.05, 0) is 4.92 Å². The lowest BCUT2D eigenvalue weighted by Crippen LogP contribution is -2.07. The van der Waals surface area contributed by atoms with Crippen molar-refractivity contribution in [2.24, 2.45) is 0 Å². The van der Waals surface area contributed by atoms with Crippen LogP contribution in [0.5, 0.6) is 0 Å². The second kappa shape index (κ2) is 2.52. The molecule has 2 heterocycles. The van der Waals surface area contributed by atoms with Gasteiger partial charge in [-0.15, -0.1) is 5.10 Å². The molecule has 0 spiro atoms. The lowest BCUT2D eigenvalue weighted by molar-refractivity contribution is -0.389. The average Bonchev–Trinajstić information content (AvgIpc) is 2.51. The quantitative estimate of drug-likeness (QED) is 0.448. The Balaban J connectivity index is 2.93. The van der Waals surface area contributed by atoms with E-state index in [1.54, 1.807) is 0 Å². The summed E-state index contributed by atoms with van der Waals surface area (Å²) in [5.74, 6) is -0.649. The van der Waals surface area contributed by atoms with Crippen molar-refractivity contribution in [3.63, 3.8) is 0 Å². The summed E-state index contributed by atoms with van der Waals surface area (Å²) in [5.41, 5.74) is 10.9. The average molecular weight is 195 g/mol. The van der Waals surface area contributed by atoms with Crippen molar-refractivity contribution in [2.45, 2.75) is 0 Å². The van der Waals surface area contributed by atoms with Crippen LogP contribution in [-0.2, 0) is 0 Å². The molecule has 0 aromatic carbocycles. The maximum Gasteiger partial charge on any atom is 0.373 e. The molecule has 0 bridgehead atoms. The Morgan fingerprint density at radius 1 is 1.43 bits per heavy atom. The predicted molar refractivity (Wildman–Crippen MR) is 46.3 cm³/mol. The topological polar surface area (TPSA) is 138 Å². The second-order valence-corrected chi connectivity index (χ2v) is 2.49. The normalized spacial score (nSPS) is 10.6. The summed E-state index contributed by atoms with van der Waals surface area (Å²) in [7, 11) is 0. The molecule has 0 saturated carbocycles. The third-order valence-corrected chi connectivity index (χ3v) is 1.65. The highest BCUT2D eigenvalue weighted by atomic mass is 16.6. The van der Waals surface area contributed by atoms with E-state index in [9.17, 15) is 10.1 Å². The van der Waals surface area contributed by atoms with Crippen LogP contribution in [0.15, 0.2) is 6.33 Å². The SMILES string of the molecule is Nc1nc(N)c2nncn2c1[N+](=O)[O-]. The van der Waals surface area contributed by atoms with Gasteiger partial charge < -0.3 is 21.6 Å². The molecular formula is C5H5N7O2. The van der Waals surface area contributed by atoms with Gasteiger partial charge in [0.15, 0.2) is 5.82 Å². The van der Waals surface area contributed by atoms with Crippen molar-refractivity contribution < 1.29 is 4.92 Å². The van der Waals surface area contributed by atoms with Crippen LogP contribution in [0.1, 0.15) is 0 Å². The van der Waals surface area contributed by atoms with Crippen molar-refractivity contribution in [1.29, 1.82) is 0 Å². The molecule has 2 aromatic heterocycles. The molecule has 0 fully saturated rings. The van der Waals surface area contributed by atoms with Gasteiger partial charge in [-0.25, -0.2) is 4.98 Å². The van der Waals surface area contributed by atoms with Gasteiger partial charge in [-0.3, -0.25) is 0 Å². The molecular weight excluding hydrogens is 190 g/mol. The smallest absolute Gasteiger partial charge is 0.373 e. The first kappa shape index (κ1) is 8.16. The van der Waals surface area contributed by atoms with Crippen molar-refractivity contribution in [1.82, 2.24) is 19.6 Å². The Kier molecular flexibility index (Phi) is 1.47. The summed E-state index contributed by atoms with van der Waals surface area (Å²) in [6.07, 6.45) is 1.15. The molecule has 0 unspecified atom stereocenters. The highest BCUT2D eigenvalue weighted by Gasteiger charge is 2.21. The molecule has 0 aliphatic rings. The molecule has 0 amide bonds. The van der Waals surface area contributed by atoms with Gasteiger partial charge in [0.25, 0.3) is 5.65 Å². The highest BCUT2D eigenvalue weighted by Crippen LogP contribution is 2.22.